The highest BCUT2D eigenvalue weighted by Gasteiger charge is 2.29. The zero-order valence-electron chi connectivity index (χ0n) is 16.7. The van der Waals surface area contributed by atoms with Gasteiger partial charge in [-0.3, -0.25) is 9.10 Å². The van der Waals surface area contributed by atoms with Crippen LogP contribution < -0.4 is 9.62 Å². The fraction of sp³-hybridized carbons (Fsp3) is 0.381. The first-order valence-corrected chi connectivity index (χ1v) is 11.0. The van der Waals surface area contributed by atoms with E-state index in [4.69, 9.17) is 0 Å². The quantitative estimate of drug-likeness (QED) is 0.684. The molecule has 1 N–H and O–H groups in total. The van der Waals surface area contributed by atoms with Gasteiger partial charge in [0.15, 0.2) is 0 Å². The number of anilines is 1. The van der Waals surface area contributed by atoms with Gasteiger partial charge in [-0.1, -0.05) is 18.2 Å². The molecule has 2 aromatic rings. The third-order valence-electron chi connectivity index (χ3n) is 4.69. The minimum absolute atomic E-state index is 0.280. The molecular weight excluding hydrogens is 379 g/mol. The first kappa shape index (κ1) is 21.9. The summed E-state index contributed by atoms with van der Waals surface area (Å²) in [5.74, 6) is -0.638. The van der Waals surface area contributed by atoms with Gasteiger partial charge >= 0.3 is 0 Å². The summed E-state index contributed by atoms with van der Waals surface area (Å²) < 4.78 is 38.7. The minimum Gasteiger partial charge on any atom is -0.354 e. The number of rotatable bonds is 8. The Morgan fingerprint density at radius 1 is 1.11 bits per heavy atom. The first-order valence-electron chi connectivity index (χ1n) is 9.18. The standard InChI is InChI=1S/C21H27FN2O3S/c1-15-7-12-20(14-16(15)2)24(28(4,26)27)17(3)21(25)23-13-5-6-18-8-10-19(22)11-9-18/h7-12,14,17H,5-6,13H2,1-4H3,(H,23,25)/t17-/m1/s1. The Hall–Kier alpha value is -2.41. The lowest BCUT2D eigenvalue weighted by molar-refractivity contribution is -0.121. The van der Waals surface area contributed by atoms with Crippen molar-refractivity contribution in [2.75, 3.05) is 17.1 Å². The number of benzene rings is 2. The van der Waals surface area contributed by atoms with Crippen LogP contribution in [0.15, 0.2) is 42.5 Å². The maximum Gasteiger partial charge on any atom is 0.243 e. The molecule has 0 heterocycles. The summed E-state index contributed by atoms with van der Waals surface area (Å²) in [6.45, 7) is 5.83. The third-order valence-corrected chi connectivity index (χ3v) is 5.93. The summed E-state index contributed by atoms with van der Waals surface area (Å²) in [6, 6.07) is 10.7. The number of nitrogens with one attached hydrogen (secondary N) is 1. The number of carbonyl (C=O) groups excluding carboxylic acids is 1. The van der Waals surface area contributed by atoms with Gasteiger partial charge in [0, 0.05) is 6.54 Å². The molecule has 1 atom stereocenters. The SMILES string of the molecule is Cc1ccc(N([C@H](C)C(=O)NCCCc2ccc(F)cc2)S(C)(=O)=O)cc1C. The Morgan fingerprint density at radius 2 is 1.75 bits per heavy atom. The van der Waals surface area contributed by atoms with Crippen LogP contribution >= 0.6 is 0 Å². The molecule has 2 aromatic carbocycles. The Morgan fingerprint density at radius 3 is 2.32 bits per heavy atom. The highest BCUT2D eigenvalue weighted by Crippen LogP contribution is 2.23. The molecule has 0 spiro atoms. The van der Waals surface area contributed by atoms with Gasteiger partial charge in [0.25, 0.3) is 0 Å². The largest absolute Gasteiger partial charge is 0.354 e. The molecule has 0 saturated heterocycles. The summed E-state index contributed by atoms with van der Waals surface area (Å²) in [5, 5.41) is 2.79. The summed E-state index contributed by atoms with van der Waals surface area (Å²) in [7, 11) is -3.63. The molecule has 0 aromatic heterocycles. The fourth-order valence-electron chi connectivity index (χ4n) is 2.97. The zero-order chi connectivity index (χ0) is 20.9. The summed E-state index contributed by atoms with van der Waals surface area (Å²) in [6.07, 6.45) is 2.47. The van der Waals surface area contributed by atoms with E-state index in [0.717, 1.165) is 27.3 Å². The van der Waals surface area contributed by atoms with Crippen LogP contribution in [0, 0.1) is 19.7 Å². The number of sulfonamides is 1. The number of hydrogen-bond acceptors (Lipinski definition) is 3. The summed E-state index contributed by atoms with van der Waals surface area (Å²) in [5.41, 5.74) is 3.46. The number of hydrogen-bond donors (Lipinski definition) is 1. The molecule has 7 heteroatoms. The van der Waals surface area contributed by atoms with Gasteiger partial charge < -0.3 is 5.32 Å². The van der Waals surface area contributed by atoms with Crippen molar-refractivity contribution in [3.05, 3.63) is 65.0 Å². The number of nitrogens with zero attached hydrogens (tertiary/aromatic N) is 1. The van der Waals surface area contributed by atoms with E-state index >= 15 is 0 Å². The van der Waals surface area contributed by atoms with E-state index in [1.54, 1.807) is 31.2 Å². The molecule has 2 rings (SSSR count). The van der Waals surface area contributed by atoms with Crippen LogP contribution in [-0.2, 0) is 21.2 Å². The van der Waals surface area contributed by atoms with E-state index in [0.29, 0.717) is 25.1 Å². The third kappa shape index (κ3) is 5.79. The monoisotopic (exact) mass is 406 g/mol. The van der Waals surface area contributed by atoms with E-state index in [2.05, 4.69) is 5.32 Å². The lowest BCUT2D eigenvalue weighted by Gasteiger charge is -2.28. The van der Waals surface area contributed by atoms with Crippen LogP contribution in [0.25, 0.3) is 0 Å². The van der Waals surface area contributed by atoms with Crippen molar-refractivity contribution in [2.45, 2.75) is 39.7 Å². The molecule has 0 aliphatic carbocycles. The highest BCUT2D eigenvalue weighted by molar-refractivity contribution is 7.92. The van der Waals surface area contributed by atoms with Crippen molar-refractivity contribution in [3.8, 4) is 0 Å². The topological polar surface area (TPSA) is 66.5 Å². The number of halogens is 1. The normalized spacial score (nSPS) is 12.5. The summed E-state index contributed by atoms with van der Waals surface area (Å²) in [4.78, 5) is 12.5. The smallest absolute Gasteiger partial charge is 0.243 e. The molecule has 0 aliphatic rings. The molecule has 0 unspecified atom stereocenters. The van der Waals surface area contributed by atoms with Crippen molar-refractivity contribution in [2.24, 2.45) is 0 Å². The predicted octanol–water partition coefficient (Wildman–Crippen LogP) is 3.35. The van der Waals surface area contributed by atoms with E-state index < -0.39 is 16.1 Å². The van der Waals surface area contributed by atoms with Gasteiger partial charge in [-0.05, 0) is 74.6 Å². The molecule has 28 heavy (non-hydrogen) atoms. The van der Waals surface area contributed by atoms with Crippen LogP contribution in [0.1, 0.15) is 30.0 Å². The van der Waals surface area contributed by atoms with Crippen LogP contribution in [0.5, 0.6) is 0 Å². The lowest BCUT2D eigenvalue weighted by atomic mass is 10.1. The van der Waals surface area contributed by atoms with Crippen molar-refractivity contribution >= 4 is 21.6 Å². The van der Waals surface area contributed by atoms with Crippen molar-refractivity contribution in [1.82, 2.24) is 5.32 Å². The van der Waals surface area contributed by atoms with Crippen molar-refractivity contribution < 1.29 is 17.6 Å². The van der Waals surface area contributed by atoms with E-state index in [1.165, 1.54) is 12.1 Å². The second-order valence-corrected chi connectivity index (χ2v) is 8.88. The van der Waals surface area contributed by atoms with E-state index in [9.17, 15) is 17.6 Å². The minimum atomic E-state index is -3.63. The molecule has 5 nitrogen and oxygen atoms in total. The van der Waals surface area contributed by atoms with Crippen molar-refractivity contribution in [1.29, 1.82) is 0 Å². The van der Waals surface area contributed by atoms with Crippen LogP contribution in [0.2, 0.25) is 0 Å². The Balaban J connectivity index is 2.01. The molecule has 0 fully saturated rings. The Kier molecular flexibility index (Phi) is 7.18. The van der Waals surface area contributed by atoms with Gasteiger partial charge in [0.2, 0.25) is 15.9 Å². The number of carbonyl (C=O) groups is 1. The molecule has 0 radical (unpaired) electrons. The van der Waals surface area contributed by atoms with Gasteiger partial charge in [0.05, 0.1) is 11.9 Å². The van der Waals surface area contributed by atoms with Crippen LogP contribution in [-0.4, -0.2) is 33.2 Å². The predicted molar refractivity (Wildman–Crippen MR) is 110 cm³/mol. The molecule has 152 valence electrons. The first-order chi connectivity index (χ1) is 13.1. The average Bonchev–Trinajstić information content (AvgIpc) is 2.62. The Labute approximate surface area is 166 Å². The zero-order valence-corrected chi connectivity index (χ0v) is 17.5. The maximum atomic E-state index is 12.9. The number of amides is 1. The molecule has 1 amide bonds. The van der Waals surface area contributed by atoms with Gasteiger partial charge in [-0.2, -0.15) is 0 Å². The van der Waals surface area contributed by atoms with Gasteiger partial charge in [0.1, 0.15) is 11.9 Å². The second-order valence-electron chi connectivity index (χ2n) is 7.02. The second kappa shape index (κ2) is 9.19. The maximum absolute atomic E-state index is 12.9. The summed E-state index contributed by atoms with van der Waals surface area (Å²) >= 11 is 0. The van der Waals surface area contributed by atoms with Gasteiger partial charge in [-0.15, -0.1) is 0 Å². The van der Waals surface area contributed by atoms with Crippen LogP contribution in [0.4, 0.5) is 10.1 Å². The molecule has 0 saturated carbocycles. The average molecular weight is 407 g/mol. The Bertz CT molecular complexity index is 927. The molecular formula is C21H27FN2O3S. The lowest BCUT2D eigenvalue weighted by Crippen LogP contribution is -2.48. The highest BCUT2D eigenvalue weighted by atomic mass is 32.2. The van der Waals surface area contributed by atoms with Gasteiger partial charge in [-0.25, -0.2) is 12.8 Å². The fourth-order valence-corrected chi connectivity index (χ4v) is 4.14. The number of aryl methyl sites for hydroxylation is 3. The molecule has 0 aliphatic heterocycles. The van der Waals surface area contributed by atoms with E-state index in [1.807, 2.05) is 19.9 Å². The van der Waals surface area contributed by atoms with Crippen LogP contribution in [0.3, 0.4) is 0 Å². The van der Waals surface area contributed by atoms with E-state index in [-0.39, 0.29) is 11.7 Å². The van der Waals surface area contributed by atoms with Crippen molar-refractivity contribution in [3.63, 3.8) is 0 Å². The molecule has 0 bridgehead atoms.